The minimum atomic E-state index is -4.60. The Morgan fingerprint density at radius 1 is 1.40 bits per heavy atom. The first-order valence-corrected chi connectivity index (χ1v) is 6.49. The molecule has 0 saturated heterocycles. The Hall–Kier alpha value is -1.60. The van der Waals surface area contributed by atoms with Gasteiger partial charge < -0.3 is 4.74 Å². The summed E-state index contributed by atoms with van der Waals surface area (Å²) in [6, 6.07) is 3.23. The normalized spacial score (nSPS) is 11.4. The highest BCUT2D eigenvalue weighted by Crippen LogP contribution is 2.31. The minimum Gasteiger partial charge on any atom is -0.496 e. The fourth-order valence-electron chi connectivity index (χ4n) is 1.44. The van der Waals surface area contributed by atoms with Crippen molar-refractivity contribution in [2.75, 3.05) is 7.11 Å². The third kappa shape index (κ3) is 2.94. The van der Waals surface area contributed by atoms with Crippen LogP contribution in [0.1, 0.15) is 20.9 Å². The highest BCUT2D eigenvalue weighted by Gasteiger charge is 2.33. The number of ketones is 1. The lowest BCUT2D eigenvalue weighted by atomic mass is 10.1. The summed E-state index contributed by atoms with van der Waals surface area (Å²) in [5.41, 5.74) is -1.22. The number of halogens is 4. The van der Waals surface area contributed by atoms with Crippen LogP contribution in [0.5, 0.6) is 5.75 Å². The molecule has 0 N–H and O–H groups in total. The topological polar surface area (TPSA) is 39.2 Å². The molecule has 0 radical (unpaired) electrons. The monoisotopic (exact) mass is 321 g/mol. The molecule has 2 aromatic rings. The van der Waals surface area contributed by atoms with Crippen molar-refractivity contribution >= 4 is 28.7 Å². The first kappa shape index (κ1) is 14.8. The van der Waals surface area contributed by atoms with E-state index >= 15 is 0 Å². The first-order valence-electron chi connectivity index (χ1n) is 5.24. The van der Waals surface area contributed by atoms with Gasteiger partial charge in [0.15, 0.2) is 0 Å². The zero-order valence-electron chi connectivity index (χ0n) is 9.99. The second-order valence-corrected chi connectivity index (χ2v) is 4.98. The van der Waals surface area contributed by atoms with Crippen molar-refractivity contribution in [3.8, 4) is 5.75 Å². The SMILES string of the molecule is COc1csc(C(=O)c2ccc(C(F)(F)F)nc2Cl)c1. The van der Waals surface area contributed by atoms with Crippen LogP contribution in [-0.4, -0.2) is 17.9 Å². The molecule has 20 heavy (non-hydrogen) atoms. The summed E-state index contributed by atoms with van der Waals surface area (Å²) in [6.45, 7) is 0. The third-order valence-corrected chi connectivity index (χ3v) is 3.61. The number of hydrogen-bond donors (Lipinski definition) is 0. The van der Waals surface area contributed by atoms with Gasteiger partial charge in [0.2, 0.25) is 5.78 Å². The lowest BCUT2D eigenvalue weighted by Crippen LogP contribution is -2.10. The van der Waals surface area contributed by atoms with Gasteiger partial charge >= 0.3 is 6.18 Å². The number of alkyl halides is 3. The van der Waals surface area contributed by atoms with Crippen LogP contribution in [-0.2, 0) is 6.18 Å². The van der Waals surface area contributed by atoms with E-state index in [2.05, 4.69) is 4.98 Å². The van der Waals surface area contributed by atoms with Crippen LogP contribution in [0.25, 0.3) is 0 Å². The summed E-state index contributed by atoms with van der Waals surface area (Å²) in [4.78, 5) is 15.6. The molecule has 106 valence electrons. The van der Waals surface area contributed by atoms with E-state index in [0.29, 0.717) is 10.6 Å². The average Bonchev–Trinajstić information content (AvgIpc) is 2.85. The molecule has 0 saturated carbocycles. The van der Waals surface area contributed by atoms with Gasteiger partial charge in [-0.2, -0.15) is 13.2 Å². The Kier molecular flexibility index (Phi) is 4.01. The van der Waals surface area contributed by atoms with Crippen molar-refractivity contribution in [1.29, 1.82) is 0 Å². The number of hydrogen-bond acceptors (Lipinski definition) is 4. The van der Waals surface area contributed by atoms with Crippen molar-refractivity contribution in [2.24, 2.45) is 0 Å². The number of aromatic nitrogens is 1. The molecule has 0 spiro atoms. The lowest BCUT2D eigenvalue weighted by molar-refractivity contribution is -0.141. The van der Waals surface area contributed by atoms with Crippen molar-refractivity contribution in [3.63, 3.8) is 0 Å². The Balaban J connectivity index is 2.36. The van der Waals surface area contributed by atoms with E-state index in [0.717, 1.165) is 23.5 Å². The van der Waals surface area contributed by atoms with Crippen LogP contribution in [0.2, 0.25) is 5.15 Å². The van der Waals surface area contributed by atoms with Gasteiger partial charge in [-0.25, -0.2) is 4.98 Å². The number of carbonyl (C=O) groups excluding carboxylic acids is 1. The quantitative estimate of drug-likeness (QED) is 0.632. The Morgan fingerprint density at radius 3 is 2.60 bits per heavy atom. The molecule has 0 aliphatic carbocycles. The van der Waals surface area contributed by atoms with Gasteiger partial charge in [-0.15, -0.1) is 11.3 Å². The molecule has 0 atom stereocenters. The Labute approximate surface area is 121 Å². The smallest absolute Gasteiger partial charge is 0.433 e. The predicted molar refractivity (Wildman–Crippen MR) is 68.6 cm³/mol. The molecule has 3 nitrogen and oxygen atoms in total. The molecule has 2 rings (SSSR count). The minimum absolute atomic E-state index is 0.0795. The van der Waals surface area contributed by atoms with Crippen LogP contribution < -0.4 is 4.74 Å². The summed E-state index contributed by atoms with van der Waals surface area (Å²) in [5.74, 6) is -0.00105. The van der Waals surface area contributed by atoms with Crippen LogP contribution in [0.3, 0.4) is 0 Å². The molecule has 0 aromatic carbocycles. The Morgan fingerprint density at radius 2 is 2.10 bits per heavy atom. The summed E-state index contributed by atoms with van der Waals surface area (Å²) in [6.07, 6.45) is -4.60. The maximum Gasteiger partial charge on any atom is 0.433 e. The number of thiophene rings is 1. The Bertz CT molecular complexity index is 654. The summed E-state index contributed by atoms with van der Waals surface area (Å²) < 4.78 is 42.3. The predicted octanol–water partition coefficient (Wildman–Crippen LogP) is 4.05. The molecule has 0 bridgehead atoms. The molecule has 0 aliphatic heterocycles. The molecule has 0 amide bonds. The van der Waals surface area contributed by atoms with Gasteiger partial charge in [0.05, 0.1) is 17.6 Å². The van der Waals surface area contributed by atoms with E-state index in [4.69, 9.17) is 16.3 Å². The van der Waals surface area contributed by atoms with Gasteiger partial charge in [-0.3, -0.25) is 4.79 Å². The second-order valence-electron chi connectivity index (χ2n) is 3.71. The van der Waals surface area contributed by atoms with Crippen molar-refractivity contribution in [1.82, 2.24) is 4.98 Å². The number of nitrogens with zero attached hydrogens (tertiary/aromatic N) is 1. The van der Waals surface area contributed by atoms with Gasteiger partial charge in [0.25, 0.3) is 0 Å². The standard InChI is InChI=1S/C12H7ClF3NO2S/c1-19-6-4-8(20-5-6)10(18)7-2-3-9(12(14,15)16)17-11(7)13/h2-5H,1H3. The molecule has 2 aromatic heterocycles. The van der Waals surface area contributed by atoms with E-state index in [9.17, 15) is 18.0 Å². The molecule has 2 heterocycles. The van der Waals surface area contributed by atoms with E-state index in [1.807, 2.05) is 0 Å². The fraction of sp³-hybridized carbons (Fsp3) is 0.167. The van der Waals surface area contributed by atoms with Crippen LogP contribution in [0.4, 0.5) is 13.2 Å². The molecule has 0 aliphatic rings. The molecule has 8 heteroatoms. The van der Waals surface area contributed by atoms with Gasteiger partial charge in [-0.1, -0.05) is 11.6 Å². The highest BCUT2D eigenvalue weighted by atomic mass is 35.5. The average molecular weight is 322 g/mol. The van der Waals surface area contributed by atoms with E-state index in [-0.39, 0.29) is 5.56 Å². The molecular formula is C12H7ClF3NO2S. The largest absolute Gasteiger partial charge is 0.496 e. The van der Waals surface area contributed by atoms with E-state index in [1.54, 1.807) is 5.38 Å². The van der Waals surface area contributed by atoms with Crippen LogP contribution in [0, 0.1) is 0 Å². The van der Waals surface area contributed by atoms with Gasteiger partial charge in [0.1, 0.15) is 16.6 Å². The number of ether oxygens (including phenoxy) is 1. The van der Waals surface area contributed by atoms with E-state index in [1.165, 1.54) is 13.2 Å². The number of pyridine rings is 1. The van der Waals surface area contributed by atoms with Gasteiger partial charge in [-0.05, 0) is 12.1 Å². The molecular weight excluding hydrogens is 315 g/mol. The summed E-state index contributed by atoms with van der Waals surface area (Å²) >= 11 is 6.77. The van der Waals surface area contributed by atoms with Gasteiger partial charge in [0, 0.05) is 11.4 Å². The summed E-state index contributed by atoms with van der Waals surface area (Å²) in [5, 5.41) is 1.13. The molecule has 0 unspecified atom stereocenters. The highest BCUT2D eigenvalue weighted by molar-refractivity contribution is 7.12. The zero-order valence-corrected chi connectivity index (χ0v) is 11.6. The lowest BCUT2D eigenvalue weighted by Gasteiger charge is -2.07. The van der Waals surface area contributed by atoms with Crippen LogP contribution >= 0.6 is 22.9 Å². The van der Waals surface area contributed by atoms with Crippen molar-refractivity contribution < 1.29 is 22.7 Å². The van der Waals surface area contributed by atoms with Crippen molar-refractivity contribution in [2.45, 2.75) is 6.18 Å². The number of methoxy groups -OCH3 is 1. The number of carbonyl (C=O) groups is 1. The number of rotatable bonds is 3. The third-order valence-electron chi connectivity index (χ3n) is 2.42. The maximum atomic E-state index is 12.5. The van der Waals surface area contributed by atoms with Crippen molar-refractivity contribution in [3.05, 3.63) is 44.9 Å². The maximum absolute atomic E-state index is 12.5. The molecule has 0 fully saturated rings. The fourth-order valence-corrected chi connectivity index (χ4v) is 2.49. The van der Waals surface area contributed by atoms with E-state index < -0.39 is 22.8 Å². The first-order chi connectivity index (χ1) is 9.32. The van der Waals surface area contributed by atoms with Crippen LogP contribution in [0.15, 0.2) is 23.6 Å². The second kappa shape index (κ2) is 5.41. The summed E-state index contributed by atoms with van der Waals surface area (Å²) in [7, 11) is 1.45. The zero-order chi connectivity index (χ0) is 14.9.